The van der Waals surface area contributed by atoms with E-state index in [2.05, 4.69) is 15.5 Å². The predicted molar refractivity (Wildman–Crippen MR) is 67.2 cm³/mol. The quantitative estimate of drug-likeness (QED) is 0.695. The van der Waals surface area contributed by atoms with Crippen LogP contribution in [0.5, 0.6) is 0 Å². The summed E-state index contributed by atoms with van der Waals surface area (Å²) in [5.74, 6) is 0.371. The Balaban J connectivity index is 2.85. The molecule has 88 valence electrons. The molecule has 0 aliphatic rings. The highest BCUT2D eigenvalue weighted by atomic mass is 32.1. The molecule has 0 fully saturated rings. The standard InChI is InChI=1S/C10H16N4OS/c1-4-10(2,3)9(15)13-8-6(7(11)16)5-12-14-8/h5H,4H2,1-3H3,(H2,11,16)(H2,12,13,14,15). The van der Waals surface area contributed by atoms with Crippen LogP contribution in [0.3, 0.4) is 0 Å². The van der Waals surface area contributed by atoms with Crippen LogP contribution in [-0.2, 0) is 4.79 Å². The topological polar surface area (TPSA) is 83.8 Å². The average molecular weight is 240 g/mol. The summed E-state index contributed by atoms with van der Waals surface area (Å²) in [6.45, 7) is 5.71. The highest BCUT2D eigenvalue weighted by Crippen LogP contribution is 2.22. The van der Waals surface area contributed by atoms with Crippen LogP contribution in [-0.4, -0.2) is 21.1 Å². The second-order valence-corrected chi connectivity index (χ2v) is 4.65. The van der Waals surface area contributed by atoms with Crippen molar-refractivity contribution in [2.75, 3.05) is 5.32 Å². The minimum Gasteiger partial charge on any atom is -0.389 e. The van der Waals surface area contributed by atoms with Crippen LogP contribution in [0.1, 0.15) is 32.8 Å². The van der Waals surface area contributed by atoms with Gasteiger partial charge in [0.1, 0.15) is 10.8 Å². The van der Waals surface area contributed by atoms with Crippen molar-refractivity contribution >= 4 is 28.9 Å². The van der Waals surface area contributed by atoms with E-state index in [0.29, 0.717) is 11.4 Å². The number of thiocarbonyl (C=S) groups is 1. The zero-order valence-corrected chi connectivity index (χ0v) is 10.4. The fourth-order valence-corrected chi connectivity index (χ4v) is 1.17. The molecule has 0 radical (unpaired) electrons. The molecule has 0 saturated carbocycles. The van der Waals surface area contributed by atoms with Crippen molar-refractivity contribution in [3.8, 4) is 0 Å². The number of nitrogens with zero attached hydrogens (tertiary/aromatic N) is 1. The van der Waals surface area contributed by atoms with Gasteiger partial charge in [-0.3, -0.25) is 9.89 Å². The molecule has 0 atom stereocenters. The average Bonchev–Trinajstić information content (AvgIpc) is 2.65. The Morgan fingerprint density at radius 1 is 1.69 bits per heavy atom. The number of hydrogen-bond donors (Lipinski definition) is 3. The lowest BCUT2D eigenvalue weighted by Crippen LogP contribution is -2.31. The van der Waals surface area contributed by atoms with Gasteiger partial charge in [0.15, 0.2) is 0 Å². The first-order valence-electron chi connectivity index (χ1n) is 5.03. The Morgan fingerprint density at radius 3 is 2.81 bits per heavy atom. The van der Waals surface area contributed by atoms with Gasteiger partial charge in [-0.15, -0.1) is 0 Å². The molecule has 4 N–H and O–H groups in total. The minimum atomic E-state index is -0.432. The number of anilines is 1. The van der Waals surface area contributed by atoms with Gasteiger partial charge in [-0.25, -0.2) is 0 Å². The number of carbonyl (C=O) groups excluding carboxylic acids is 1. The number of hydrogen-bond acceptors (Lipinski definition) is 3. The summed E-state index contributed by atoms with van der Waals surface area (Å²) in [6, 6.07) is 0. The number of nitrogens with one attached hydrogen (secondary N) is 2. The fraction of sp³-hybridized carbons (Fsp3) is 0.500. The highest BCUT2D eigenvalue weighted by molar-refractivity contribution is 7.80. The molecular formula is C10H16N4OS. The van der Waals surface area contributed by atoms with E-state index >= 15 is 0 Å². The van der Waals surface area contributed by atoms with Crippen LogP contribution in [0.25, 0.3) is 0 Å². The minimum absolute atomic E-state index is 0.0863. The van der Waals surface area contributed by atoms with Crippen molar-refractivity contribution < 1.29 is 4.79 Å². The van der Waals surface area contributed by atoms with Crippen LogP contribution in [0.2, 0.25) is 0 Å². The predicted octanol–water partition coefficient (Wildman–Crippen LogP) is 1.42. The Kier molecular flexibility index (Phi) is 3.64. The Hall–Kier alpha value is -1.43. The molecule has 0 aromatic carbocycles. The molecule has 0 aliphatic carbocycles. The maximum atomic E-state index is 11.9. The second-order valence-electron chi connectivity index (χ2n) is 4.21. The Bertz CT molecular complexity index is 411. The molecule has 0 aliphatic heterocycles. The third kappa shape index (κ3) is 2.57. The van der Waals surface area contributed by atoms with Gasteiger partial charge in [0.05, 0.1) is 11.8 Å². The molecule has 5 nitrogen and oxygen atoms in total. The Morgan fingerprint density at radius 2 is 2.31 bits per heavy atom. The molecule has 0 unspecified atom stereocenters. The van der Waals surface area contributed by atoms with Crippen LogP contribution >= 0.6 is 12.2 Å². The van der Waals surface area contributed by atoms with Crippen LogP contribution in [0.15, 0.2) is 6.20 Å². The molecular weight excluding hydrogens is 224 g/mol. The van der Waals surface area contributed by atoms with Crippen molar-refractivity contribution in [2.24, 2.45) is 11.1 Å². The lowest BCUT2D eigenvalue weighted by molar-refractivity contribution is -0.124. The first-order valence-corrected chi connectivity index (χ1v) is 5.44. The van der Waals surface area contributed by atoms with E-state index in [1.165, 1.54) is 6.20 Å². The van der Waals surface area contributed by atoms with E-state index in [9.17, 15) is 4.79 Å². The van der Waals surface area contributed by atoms with Crippen molar-refractivity contribution in [1.29, 1.82) is 0 Å². The first kappa shape index (κ1) is 12.6. The zero-order chi connectivity index (χ0) is 12.3. The number of nitrogens with two attached hydrogens (primary N) is 1. The summed E-state index contributed by atoms with van der Waals surface area (Å²) < 4.78 is 0. The summed E-state index contributed by atoms with van der Waals surface area (Å²) in [6.07, 6.45) is 2.24. The van der Waals surface area contributed by atoms with E-state index in [1.807, 2.05) is 20.8 Å². The third-order valence-electron chi connectivity index (χ3n) is 2.64. The van der Waals surface area contributed by atoms with Crippen LogP contribution in [0, 0.1) is 5.41 Å². The lowest BCUT2D eigenvalue weighted by atomic mass is 9.89. The fourth-order valence-electron chi connectivity index (χ4n) is 1.01. The number of H-pyrrole nitrogens is 1. The van der Waals surface area contributed by atoms with Gasteiger partial charge in [0.25, 0.3) is 0 Å². The largest absolute Gasteiger partial charge is 0.389 e. The molecule has 6 heteroatoms. The number of carbonyl (C=O) groups is 1. The maximum absolute atomic E-state index is 11.9. The van der Waals surface area contributed by atoms with Gasteiger partial charge in [-0.1, -0.05) is 33.0 Å². The monoisotopic (exact) mass is 240 g/mol. The summed E-state index contributed by atoms with van der Waals surface area (Å²) in [5, 5.41) is 9.20. The molecule has 0 spiro atoms. The normalized spacial score (nSPS) is 11.2. The van der Waals surface area contributed by atoms with E-state index in [0.717, 1.165) is 6.42 Å². The zero-order valence-electron chi connectivity index (χ0n) is 9.63. The molecule has 1 aromatic rings. The number of aromatic nitrogens is 2. The van der Waals surface area contributed by atoms with Gasteiger partial charge in [0, 0.05) is 5.41 Å². The highest BCUT2D eigenvalue weighted by Gasteiger charge is 2.26. The SMILES string of the molecule is CCC(C)(C)C(=O)Nc1[nH]ncc1C(N)=S. The lowest BCUT2D eigenvalue weighted by Gasteiger charge is -2.21. The summed E-state index contributed by atoms with van der Waals surface area (Å²) >= 11 is 4.84. The first-order chi connectivity index (χ1) is 7.38. The van der Waals surface area contributed by atoms with E-state index in [1.54, 1.807) is 0 Å². The van der Waals surface area contributed by atoms with Crippen LogP contribution in [0.4, 0.5) is 5.82 Å². The Labute approximate surface area is 99.8 Å². The van der Waals surface area contributed by atoms with Crippen molar-refractivity contribution in [3.63, 3.8) is 0 Å². The summed E-state index contributed by atoms with van der Waals surface area (Å²) in [5.41, 5.74) is 5.62. The third-order valence-corrected chi connectivity index (χ3v) is 2.86. The van der Waals surface area contributed by atoms with E-state index < -0.39 is 5.41 Å². The summed E-state index contributed by atoms with van der Waals surface area (Å²) in [7, 11) is 0. The van der Waals surface area contributed by atoms with E-state index in [-0.39, 0.29) is 10.9 Å². The molecule has 0 bridgehead atoms. The maximum Gasteiger partial charge on any atom is 0.231 e. The van der Waals surface area contributed by atoms with E-state index in [4.69, 9.17) is 18.0 Å². The smallest absolute Gasteiger partial charge is 0.231 e. The van der Waals surface area contributed by atoms with Crippen molar-refractivity contribution in [3.05, 3.63) is 11.8 Å². The number of aromatic amines is 1. The second kappa shape index (κ2) is 4.61. The number of amides is 1. The molecule has 1 heterocycles. The molecule has 0 saturated heterocycles. The molecule has 1 amide bonds. The van der Waals surface area contributed by atoms with Gasteiger partial charge in [-0.05, 0) is 6.42 Å². The van der Waals surface area contributed by atoms with Crippen molar-refractivity contribution in [1.82, 2.24) is 10.2 Å². The van der Waals surface area contributed by atoms with Gasteiger partial charge in [0.2, 0.25) is 5.91 Å². The van der Waals surface area contributed by atoms with Crippen molar-refractivity contribution in [2.45, 2.75) is 27.2 Å². The van der Waals surface area contributed by atoms with Gasteiger partial charge < -0.3 is 11.1 Å². The van der Waals surface area contributed by atoms with Crippen LogP contribution < -0.4 is 11.1 Å². The summed E-state index contributed by atoms with van der Waals surface area (Å²) in [4.78, 5) is 12.1. The molecule has 1 aromatic heterocycles. The van der Waals surface area contributed by atoms with Gasteiger partial charge >= 0.3 is 0 Å². The van der Waals surface area contributed by atoms with Gasteiger partial charge in [-0.2, -0.15) is 5.10 Å². The molecule has 16 heavy (non-hydrogen) atoms. The number of rotatable bonds is 4. The molecule has 1 rings (SSSR count).